The summed E-state index contributed by atoms with van der Waals surface area (Å²) >= 11 is 0. The lowest BCUT2D eigenvalue weighted by atomic mass is 9.98. The molecule has 1 unspecified atom stereocenters. The summed E-state index contributed by atoms with van der Waals surface area (Å²) in [5, 5.41) is 7.08. The molecule has 1 aliphatic rings. The highest BCUT2D eigenvalue weighted by atomic mass is 35.5. The Morgan fingerprint density at radius 1 is 1.38 bits per heavy atom. The number of rotatable bonds is 6. The molecule has 0 spiro atoms. The van der Waals surface area contributed by atoms with Gasteiger partial charge in [-0.1, -0.05) is 12.8 Å². The molecule has 0 radical (unpaired) electrons. The van der Waals surface area contributed by atoms with Crippen LogP contribution in [0.1, 0.15) is 38.6 Å². The fraction of sp³-hybridized carbons (Fsp3) is 0.667. The Labute approximate surface area is 155 Å². The van der Waals surface area contributed by atoms with Crippen LogP contribution in [-0.2, 0) is 9.59 Å². The van der Waals surface area contributed by atoms with Gasteiger partial charge in [0.05, 0.1) is 12.1 Å². The van der Waals surface area contributed by atoms with Crippen molar-refractivity contribution in [3.8, 4) is 0 Å². The average molecular weight is 380 g/mol. The molecular weight excluding hydrogens is 353 g/mol. The maximum absolute atomic E-state index is 12.3. The topological polar surface area (TPSA) is 93.3 Å². The van der Waals surface area contributed by atoms with Gasteiger partial charge in [-0.2, -0.15) is 5.10 Å². The lowest BCUT2D eigenvalue weighted by Gasteiger charge is -2.30. The second kappa shape index (κ2) is 9.86. The average Bonchev–Trinajstić information content (AvgIpc) is 3.17. The summed E-state index contributed by atoms with van der Waals surface area (Å²) in [5.74, 6) is -0.303. The van der Waals surface area contributed by atoms with Crippen LogP contribution in [0.4, 0.5) is 0 Å². The molecule has 0 aromatic carbocycles. The number of nitrogens with zero attached hydrogens (tertiary/aromatic N) is 3. The molecule has 9 heteroatoms. The summed E-state index contributed by atoms with van der Waals surface area (Å²) in [6, 6.07) is 1.34. The van der Waals surface area contributed by atoms with Crippen molar-refractivity contribution in [2.24, 2.45) is 5.73 Å². The number of hydrogen-bond acceptors (Lipinski definition) is 4. The van der Waals surface area contributed by atoms with Gasteiger partial charge in [0.2, 0.25) is 11.8 Å². The molecule has 2 amide bonds. The molecule has 0 saturated heterocycles. The van der Waals surface area contributed by atoms with Gasteiger partial charge >= 0.3 is 0 Å². The molecule has 3 N–H and O–H groups in total. The van der Waals surface area contributed by atoms with Crippen LogP contribution in [-0.4, -0.2) is 52.2 Å². The van der Waals surface area contributed by atoms with E-state index in [4.69, 9.17) is 5.73 Å². The molecular formula is C15H27Cl2N5O2. The fourth-order valence-corrected chi connectivity index (χ4v) is 3.00. The van der Waals surface area contributed by atoms with E-state index < -0.39 is 6.04 Å². The van der Waals surface area contributed by atoms with Crippen LogP contribution >= 0.6 is 24.8 Å². The van der Waals surface area contributed by atoms with Crippen LogP contribution < -0.4 is 11.1 Å². The minimum atomic E-state index is -0.428. The van der Waals surface area contributed by atoms with Crippen LogP contribution in [0.3, 0.4) is 0 Å². The molecule has 138 valence electrons. The summed E-state index contributed by atoms with van der Waals surface area (Å²) in [7, 11) is 1.63. The number of hydrogen-bond donors (Lipinski definition) is 2. The van der Waals surface area contributed by atoms with E-state index in [-0.39, 0.29) is 48.7 Å². The largest absolute Gasteiger partial charge is 0.348 e. The number of carbonyl (C=O) groups is 2. The molecule has 1 aromatic rings. The summed E-state index contributed by atoms with van der Waals surface area (Å²) < 4.78 is 1.58. The lowest BCUT2D eigenvalue weighted by molar-refractivity contribution is -0.137. The third kappa shape index (κ3) is 5.36. The highest BCUT2D eigenvalue weighted by molar-refractivity contribution is 5.86. The number of likely N-dealkylation sites (N-methyl/N-ethyl adjacent to an activating group) is 1. The highest BCUT2D eigenvalue weighted by Crippen LogP contribution is 2.28. The molecule has 0 bridgehead atoms. The van der Waals surface area contributed by atoms with Gasteiger partial charge in [0.15, 0.2) is 0 Å². The first-order chi connectivity index (χ1) is 10.5. The van der Waals surface area contributed by atoms with Crippen LogP contribution in [0.5, 0.6) is 0 Å². The van der Waals surface area contributed by atoms with Crippen LogP contribution in [0.15, 0.2) is 18.5 Å². The van der Waals surface area contributed by atoms with Crippen molar-refractivity contribution >= 4 is 36.6 Å². The molecule has 1 atom stereocenters. The zero-order valence-corrected chi connectivity index (χ0v) is 15.7. The van der Waals surface area contributed by atoms with Crippen LogP contribution in [0.2, 0.25) is 0 Å². The van der Waals surface area contributed by atoms with Gasteiger partial charge in [-0.15, -0.1) is 24.8 Å². The summed E-state index contributed by atoms with van der Waals surface area (Å²) in [6.07, 6.45) is 7.36. The molecule has 0 aliphatic heterocycles. The molecule has 1 aromatic heterocycles. The van der Waals surface area contributed by atoms with Crippen molar-refractivity contribution in [1.82, 2.24) is 20.0 Å². The van der Waals surface area contributed by atoms with Gasteiger partial charge < -0.3 is 16.0 Å². The van der Waals surface area contributed by atoms with Gasteiger partial charge in [0, 0.05) is 26.0 Å². The summed E-state index contributed by atoms with van der Waals surface area (Å²) in [5.41, 5.74) is 5.53. The van der Waals surface area contributed by atoms with E-state index >= 15 is 0 Å². The van der Waals surface area contributed by atoms with Gasteiger partial charge in [0.1, 0.15) is 6.04 Å². The van der Waals surface area contributed by atoms with E-state index in [9.17, 15) is 9.59 Å². The molecule has 1 fully saturated rings. The first-order valence-electron chi connectivity index (χ1n) is 7.73. The molecule has 24 heavy (non-hydrogen) atoms. The van der Waals surface area contributed by atoms with E-state index in [1.54, 1.807) is 37.1 Å². The van der Waals surface area contributed by atoms with E-state index in [0.29, 0.717) is 6.54 Å². The van der Waals surface area contributed by atoms with Crippen molar-refractivity contribution in [2.75, 3.05) is 20.1 Å². The van der Waals surface area contributed by atoms with Gasteiger partial charge in [0.25, 0.3) is 0 Å². The Bertz CT molecular complexity index is 518. The minimum Gasteiger partial charge on any atom is -0.348 e. The van der Waals surface area contributed by atoms with Crippen LogP contribution in [0.25, 0.3) is 0 Å². The van der Waals surface area contributed by atoms with Crippen molar-refractivity contribution in [3.63, 3.8) is 0 Å². The van der Waals surface area contributed by atoms with Crippen molar-refractivity contribution in [1.29, 1.82) is 0 Å². The smallest absolute Gasteiger partial charge is 0.247 e. The number of nitrogens with two attached hydrogens (primary N) is 1. The fourth-order valence-electron chi connectivity index (χ4n) is 3.00. The van der Waals surface area contributed by atoms with E-state index in [2.05, 4.69) is 10.4 Å². The van der Waals surface area contributed by atoms with Crippen molar-refractivity contribution < 1.29 is 9.59 Å². The number of aromatic nitrogens is 2. The first-order valence-corrected chi connectivity index (χ1v) is 7.73. The Hall–Kier alpha value is -1.31. The van der Waals surface area contributed by atoms with Gasteiger partial charge in [-0.3, -0.25) is 14.3 Å². The number of carbonyl (C=O) groups excluding carboxylic acids is 2. The Morgan fingerprint density at radius 2 is 2.00 bits per heavy atom. The van der Waals surface area contributed by atoms with E-state index in [1.807, 2.05) is 0 Å². The molecule has 1 aliphatic carbocycles. The first kappa shape index (κ1) is 22.7. The van der Waals surface area contributed by atoms with Gasteiger partial charge in [-0.05, 0) is 25.8 Å². The standard InChI is InChI=1S/C15H25N5O2.2ClH/c1-12(20-9-5-8-17-20)14(22)19(2)10-13(21)18-15(11-16)6-3-4-7-15;;/h5,8-9,12H,3-4,6-7,10-11,16H2,1-2H3,(H,18,21);2*1H. The Kier molecular flexibility index (Phi) is 9.32. The lowest BCUT2D eigenvalue weighted by Crippen LogP contribution is -2.54. The summed E-state index contributed by atoms with van der Waals surface area (Å²) in [4.78, 5) is 26.0. The number of nitrogens with one attached hydrogen (secondary N) is 1. The second-order valence-electron chi connectivity index (χ2n) is 6.10. The zero-order chi connectivity index (χ0) is 16.2. The molecule has 7 nitrogen and oxygen atoms in total. The van der Waals surface area contributed by atoms with Crippen molar-refractivity contribution in [3.05, 3.63) is 18.5 Å². The maximum atomic E-state index is 12.3. The Balaban J connectivity index is 0.00000264. The predicted molar refractivity (Wildman–Crippen MR) is 97.5 cm³/mol. The predicted octanol–water partition coefficient (Wildman–Crippen LogP) is 1.13. The minimum absolute atomic E-state index is 0. The third-order valence-electron chi connectivity index (χ3n) is 4.39. The molecule has 2 rings (SSSR count). The highest BCUT2D eigenvalue weighted by Gasteiger charge is 2.34. The van der Waals surface area contributed by atoms with E-state index in [1.165, 1.54) is 4.90 Å². The number of amides is 2. The monoisotopic (exact) mass is 379 g/mol. The maximum Gasteiger partial charge on any atom is 0.247 e. The van der Waals surface area contributed by atoms with Crippen LogP contribution in [0, 0.1) is 0 Å². The van der Waals surface area contributed by atoms with E-state index in [0.717, 1.165) is 25.7 Å². The number of halogens is 2. The normalized spacial score (nSPS) is 16.5. The molecule has 1 heterocycles. The van der Waals surface area contributed by atoms with Gasteiger partial charge in [-0.25, -0.2) is 0 Å². The van der Waals surface area contributed by atoms with Crippen molar-refractivity contribution in [2.45, 2.75) is 44.2 Å². The SMILES string of the molecule is CC(C(=O)N(C)CC(=O)NC1(CN)CCCC1)n1cccn1.Cl.Cl. The third-order valence-corrected chi connectivity index (χ3v) is 4.39. The molecule has 1 saturated carbocycles. The Morgan fingerprint density at radius 3 is 2.50 bits per heavy atom. The quantitative estimate of drug-likeness (QED) is 0.774. The summed E-state index contributed by atoms with van der Waals surface area (Å²) in [6.45, 7) is 2.24. The zero-order valence-electron chi connectivity index (χ0n) is 14.1. The second-order valence-corrected chi connectivity index (χ2v) is 6.10.